The second-order valence-corrected chi connectivity index (χ2v) is 5.21. The predicted molar refractivity (Wildman–Crippen MR) is 73.6 cm³/mol. The van der Waals surface area contributed by atoms with E-state index in [4.69, 9.17) is 11.6 Å². The molecule has 1 rings (SSSR count). The summed E-state index contributed by atoms with van der Waals surface area (Å²) in [5.41, 5.74) is 1.30. The molecule has 1 N–H and O–H groups in total. The highest BCUT2D eigenvalue weighted by Crippen LogP contribution is 2.20. The first-order valence-electron chi connectivity index (χ1n) is 6.29. The van der Waals surface area contributed by atoms with E-state index in [1.54, 1.807) is 0 Å². The van der Waals surface area contributed by atoms with Gasteiger partial charge in [-0.2, -0.15) is 10.4 Å². The first-order valence-corrected chi connectivity index (χ1v) is 6.67. The Morgan fingerprint density at radius 3 is 2.61 bits per heavy atom. The van der Waals surface area contributed by atoms with Crippen molar-refractivity contribution in [2.24, 2.45) is 0 Å². The van der Waals surface area contributed by atoms with E-state index in [1.807, 2.05) is 25.5 Å². The minimum absolute atomic E-state index is 0.505. The molecule has 1 unspecified atom stereocenters. The zero-order chi connectivity index (χ0) is 13.8. The molecule has 0 spiro atoms. The lowest BCUT2D eigenvalue weighted by Crippen LogP contribution is -2.42. The molecular formula is C13H21ClN4. The number of aromatic nitrogens is 2. The molecule has 0 saturated heterocycles. The van der Waals surface area contributed by atoms with Gasteiger partial charge in [0.1, 0.15) is 5.54 Å². The highest BCUT2D eigenvalue weighted by atomic mass is 35.5. The van der Waals surface area contributed by atoms with Gasteiger partial charge in [0.15, 0.2) is 0 Å². The molecule has 5 heteroatoms. The summed E-state index contributed by atoms with van der Waals surface area (Å²) in [6.45, 7) is 9.40. The Bertz CT molecular complexity index is 447. The molecule has 1 aromatic rings. The van der Waals surface area contributed by atoms with Crippen LogP contribution in [0.2, 0.25) is 5.02 Å². The van der Waals surface area contributed by atoms with Gasteiger partial charge in [-0.3, -0.25) is 10.00 Å². The monoisotopic (exact) mass is 268 g/mol. The van der Waals surface area contributed by atoms with Crippen molar-refractivity contribution in [2.75, 3.05) is 6.54 Å². The van der Waals surface area contributed by atoms with Gasteiger partial charge >= 0.3 is 0 Å². The minimum atomic E-state index is -0.505. The summed E-state index contributed by atoms with van der Waals surface area (Å²) in [5.74, 6) is 0. The molecule has 1 aromatic heterocycles. The average Bonchev–Trinajstić information content (AvgIpc) is 2.61. The Labute approximate surface area is 114 Å². The number of hydrogen-bond donors (Lipinski definition) is 1. The minimum Gasteiger partial charge on any atom is -0.300 e. The third-order valence-electron chi connectivity index (χ3n) is 3.13. The van der Waals surface area contributed by atoms with Gasteiger partial charge in [0.2, 0.25) is 0 Å². The number of nitrogens with one attached hydrogen (secondary N) is 1. The smallest absolute Gasteiger partial charge is 0.105 e. The van der Waals surface area contributed by atoms with Gasteiger partial charge in [-0.25, -0.2) is 0 Å². The van der Waals surface area contributed by atoms with E-state index < -0.39 is 5.54 Å². The summed E-state index contributed by atoms with van der Waals surface area (Å²) in [4.78, 5) is 0. The molecule has 0 aliphatic rings. The van der Waals surface area contributed by atoms with Gasteiger partial charge in [-0.1, -0.05) is 18.5 Å². The Balaban J connectivity index is 2.68. The molecule has 0 bridgehead atoms. The molecular weight excluding hydrogens is 248 g/mol. The van der Waals surface area contributed by atoms with E-state index in [2.05, 4.69) is 23.4 Å². The van der Waals surface area contributed by atoms with Gasteiger partial charge in [-0.05, 0) is 40.2 Å². The van der Waals surface area contributed by atoms with Crippen LogP contribution in [-0.4, -0.2) is 21.9 Å². The molecule has 0 aliphatic heterocycles. The third-order valence-corrected chi connectivity index (χ3v) is 3.68. The Morgan fingerprint density at radius 2 is 2.17 bits per heavy atom. The lowest BCUT2D eigenvalue weighted by Gasteiger charge is -2.23. The fourth-order valence-corrected chi connectivity index (χ4v) is 1.94. The van der Waals surface area contributed by atoms with Crippen molar-refractivity contribution in [2.45, 2.75) is 52.6 Å². The maximum absolute atomic E-state index is 9.25. The highest BCUT2D eigenvalue weighted by molar-refractivity contribution is 6.31. The zero-order valence-corrected chi connectivity index (χ0v) is 12.3. The molecule has 0 amide bonds. The number of nitrogens with zero attached hydrogens (tertiary/aromatic N) is 3. The molecule has 0 fully saturated rings. The molecule has 0 aromatic carbocycles. The van der Waals surface area contributed by atoms with E-state index in [0.29, 0.717) is 13.0 Å². The quantitative estimate of drug-likeness (QED) is 0.863. The summed E-state index contributed by atoms with van der Waals surface area (Å²) >= 11 is 6.10. The van der Waals surface area contributed by atoms with Crippen LogP contribution in [0.3, 0.4) is 0 Å². The van der Waals surface area contributed by atoms with E-state index in [-0.39, 0.29) is 0 Å². The maximum Gasteiger partial charge on any atom is 0.105 e. The van der Waals surface area contributed by atoms with Crippen molar-refractivity contribution < 1.29 is 0 Å². The van der Waals surface area contributed by atoms with Crippen molar-refractivity contribution in [1.29, 1.82) is 5.26 Å². The van der Waals surface area contributed by atoms with Gasteiger partial charge in [-0.15, -0.1) is 0 Å². The van der Waals surface area contributed by atoms with E-state index in [0.717, 1.165) is 29.4 Å². The molecule has 1 atom stereocenters. The van der Waals surface area contributed by atoms with Crippen molar-refractivity contribution in [3.8, 4) is 6.07 Å². The number of nitriles is 1. The first kappa shape index (κ1) is 15.0. The van der Waals surface area contributed by atoms with Crippen LogP contribution in [0.1, 0.15) is 38.1 Å². The molecule has 4 nitrogen and oxygen atoms in total. The largest absolute Gasteiger partial charge is 0.300 e. The number of rotatable bonds is 6. The number of aryl methyl sites for hydroxylation is 2. The van der Waals surface area contributed by atoms with Crippen molar-refractivity contribution in [3.05, 3.63) is 16.4 Å². The molecule has 1 heterocycles. The second kappa shape index (κ2) is 6.21. The zero-order valence-electron chi connectivity index (χ0n) is 11.5. The van der Waals surface area contributed by atoms with Gasteiger partial charge in [0.05, 0.1) is 22.5 Å². The van der Waals surface area contributed by atoms with Crippen LogP contribution in [0.25, 0.3) is 0 Å². The highest BCUT2D eigenvalue weighted by Gasteiger charge is 2.23. The Kier molecular flexibility index (Phi) is 5.18. The van der Waals surface area contributed by atoms with E-state index in [1.165, 1.54) is 0 Å². The molecule has 18 heavy (non-hydrogen) atoms. The SMILES string of the molecule is CCCNC(C)(C#N)CCn1nc(C)c(Cl)c1C. The van der Waals surface area contributed by atoms with Crippen LogP contribution in [0.4, 0.5) is 0 Å². The van der Waals surface area contributed by atoms with Crippen LogP contribution < -0.4 is 5.32 Å². The van der Waals surface area contributed by atoms with Gasteiger partial charge in [0.25, 0.3) is 0 Å². The van der Waals surface area contributed by atoms with Crippen LogP contribution in [0.15, 0.2) is 0 Å². The third kappa shape index (κ3) is 3.47. The second-order valence-electron chi connectivity index (χ2n) is 4.83. The van der Waals surface area contributed by atoms with Crippen LogP contribution in [0, 0.1) is 25.2 Å². The molecule has 0 saturated carbocycles. The summed E-state index contributed by atoms with van der Waals surface area (Å²) in [7, 11) is 0. The van der Waals surface area contributed by atoms with Gasteiger partial charge in [0, 0.05) is 6.54 Å². The van der Waals surface area contributed by atoms with Gasteiger partial charge < -0.3 is 0 Å². The number of hydrogen-bond acceptors (Lipinski definition) is 3. The lowest BCUT2D eigenvalue weighted by atomic mass is 10.00. The fraction of sp³-hybridized carbons (Fsp3) is 0.692. The van der Waals surface area contributed by atoms with Crippen molar-refractivity contribution in [1.82, 2.24) is 15.1 Å². The summed E-state index contributed by atoms with van der Waals surface area (Å²) in [6, 6.07) is 2.34. The van der Waals surface area contributed by atoms with Crippen molar-refractivity contribution in [3.63, 3.8) is 0 Å². The van der Waals surface area contributed by atoms with Crippen LogP contribution >= 0.6 is 11.6 Å². The molecule has 0 radical (unpaired) electrons. The Morgan fingerprint density at radius 1 is 1.50 bits per heavy atom. The predicted octanol–water partition coefficient (Wildman–Crippen LogP) is 2.83. The van der Waals surface area contributed by atoms with Crippen molar-refractivity contribution >= 4 is 11.6 Å². The fourth-order valence-electron chi connectivity index (χ4n) is 1.81. The van der Waals surface area contributed by atoms with Crippen LogP contribution in [0.5, 0.6) is 0 Å². The molecule has 100 valence electrons. The summed E-state index contributed by atoms with van der Waals surface area (Å²) < 4.78 is 1.88. The van der Waals surface area contributed by atoms with E-state index in [9.17, 15) is 5.26 Å². The van der Waals surface area contributed by atoms with Crippen LogP contribution in [-0.2, 0) is 6.54 Å². The standard InChI is InChI=1S/C13H21ClN4/c1-5-7-16-13(4,9-15)6-8-18-11(3)12(14)10(2)17-18/h16H,5-8H2,1-4H3. The average molecular weight is 269 g/mol. The number of halogens is 1. The first-order chi connectivity index (χ1) is 8.43. The maximum atomic E-state index is 9.25. The normalized spacial score (nSPS) is 14.2. The van der Waals surface area contributed by atoms with E-state index >= 15 is 0 Å². The Hall–Kier alpha value is -1.05. The molecule has 0 aliphatic carbocycles. The lowest BCUT2D eigenvalue weighted by molar-refractivity contribution is 0.380. The summed E-state index contributed by atoms with van der Waals surface area (Å²) in [5, 5.41) is 17.6. The summed E-state index contributed by atoms with van der Waals surface area (Å²) in [6.07, 6.45) is 1.73. The topological polar surface area (TPSA) is 53.6 Å².